The van der Waals surface area contributed by atoms with Gasteiger partial charge in [-0.05, 0) is 37.0 Å². The van der Waals surface area contributed by atoms with E-state index in [1.165, 1.54) is 0 Å². The van der Waals surface area contributed by atoms with E-state index in [4.69, 9.17) is 21.3 Å². The minimum Gasteiger partial charge on any atom is -0.490 e. The summed E-state index contributed by atoms with van der Waals surface area (Å²) >= 11 is 0. The van der Waals surface area contributed by atoms with Crippen LogP contribution in [0.1, 0.15) is 31.2 Å². The van der Waals surface area contributed by atoms with Crippen LogP contribution in [0.5, 0.6) is 5.75 Å². The highest BCUT2D eigenvalue weighted by Crippen LogP contribution is 2.29. The van der Waals surface area contributed by atoms with Gasteiger partial charge in [0.05, 0.1) is 12.1 Å². The third kappa shape index (κ3) is 3.24. The van der Waals surface area contributed by atoms with Crippen LogP contribution >= 0.6 is 0 Å². The number of primary amides is 1. The maximum absolute atomic E-state index is 11.4. The van der Waals surface area contributed by atoms with Crippen LogP contribution in [0.15, 0.2) is 24.3 Å². The zero-order valence-electron chi connectivity index (χ0n) is 10.8. The summed E-state index contributed by atoms with van der Waals surface area (Å²) in [7, 11) is 0. The molecule has 104 valence electrons. The lowest BCUT2D eigenvalue weighted by atomic mass is 9.80. The third-order valence-corrected chi connectivity index (χ3v) is 3.62. The quantitative estimate of drug-likeness (QED) is 0.744. The number of hydrogen-bond acceptors (Lipinski definition) is 4. The Morgan fingerprint density at radius 1 is 1.53 bits per heavy atom. The first kappa shape index (κ1) is 13.8. The fourth-order valence-electron chi connectivity index (χ4n) is 2.49. The second-order valence-electron chi connectivity index (χ2n) is 5.16. The maximum atomic E-state index is 11.4. The van der Waals surface area contributed by atoms with Crippen LogP contribution in [-0.4, -0.2) is 22.7 Å². The van der Waals surface area contributed by atoms with E-state index in [-0.39, 0.29) is 12.7 Å². The number of rotatable bonds is 4. The van der Waals surface area contributed by atoms with Crippen molar-refractivity contribution >= 4 is 5.91 Å². The largest absolute Gasteiger partial charge is 0.490 e. The van der Waals surface area contributed by atoms with Gasteiger partial charge in [-0.25, -0.2) is 0 Å². The fraction of sp³-hybridized carbons (Fsp3) is 0.500. The number of ether oxygens (including phenoxy) is 1. The summed E-state index contributed by atoms with van der Waals surface area (Å²) in [6.45, 7) is -0.0238. The standard InChI is InChI=1S/C14H20N2O3/c15-13(18)14(16)6-2-5-12(8-14)19-11-4-1-3-10(7-11)9-17/h1,3-4,7,12,17H,2,5-6,8-9,16H2,(H2,15,18). The summed E-state index contributed by atoms with van der Waals surface area (Å²) < 4.78 is 5.84. The molecule has 2 unspecified atom stereocenters. The zero-order valence-corrected chi connectivity index (χ0v) is 10.8. The molecule has 2 rings (SSSR count). The molecule has 1 fully saturated rings. The SMILES string of the molecule is NC(=O)C1(N)CCCC(Oc2cccc(CO)c2)C1. The average molecular weight is 264 g/mol. The number of benzene rings is 1. The molecule has 0 radical (unpaired) electrons. The van der Waals surface area contributed by atoms with E-state index >= 15 is 0 Å². The smallest absolute Gasteiger partial charge is 0.237 e. The highest BCUT2D eigenvalue weighted by atomic mass is 16.5. The van der Waals surface area contributed by atoms with Crippen molar-refractivity contribution in [3.05, 3.63) is 29.8 Å². The highest BCUT2D eigenvalue weighted by molar-refractivity contribution is 5.84. The molecule has 0 saturated heterocycles. The van der Waals surface area contributed by atoms with E-state index in [9.17, 15) is 4.79 Å². The Bertz CT molecular complexity index is 464. The molecule has 0 bridgehead atoms. The van der Waals surface area contributed by atoms with Crippen molar-refractivity contribution in [1.82, 2.24) is 0 Å². The van der Waals surface area contributed by atoms with Crippen LogP contribution in [0.2, 0.25) is 0 Å². The lowest BCUT2D eigenvalue weighted by molar-refractivity contribution is -0.125. The first-order chi connectivity index (χ1) is 9.03. The van der Waals surface area contributed by atoms with Gasteiger partial charge in [-0.15, -0.1) is 0 Å². The second kappa shape index (κ2) is 5.59. The summed E-state index contributed by atoms with van der Waals surface area (Å²) in [6.07, 6.45) is 2.62. The molecule has 1 aliphatic carbocycles. The number of aliphatic hydroxyl groups is 1. The average Bonchev–Trinajstić information content (AvgIpc) is 2.39. The molecule has 2 atom stereocenters. The Morgan fingerprint density at radius 2 is 2.32 bits per heavy atom. The van der Waals surface area contributed by atoms with Gasteiger partial charge in [-0.1, -0.05) is 12.1 Å². The maximum Gasteiger partial charge on any atom is 0.237 e. The van der Waals surface area contributed by atoms with Crippen LogP contribution < -0.4 is 16.2 Å². The molecule has 5 heteroatoms. The minimum absolute atomic E-state index is 0.0238. The lowest BCUT2D eigenvalue weighted by Gasteiger charge is -2.35. The first-order valence-electron chi connectivity index (χ1n) is 6.49. The molecule has 5 nitrogen and oxygen atoms in total. The van der Waals surface area contributed by atoms with Crippen molar-refractivity contribution < 1.29 is 14.6 Å². The van der Waals surface area contributed by atoms with Gasteiger partial charge in [0.25, 0.3) is 0 Å². The van der Waals surface area contributed by atoms with Gasteiger partial charge in [0.15, 0.2) is 0 Å². The molecule has 1 aromatic rings. The van der Waals surface area contributed by atoms with Crippen LogP contribution in [0, 0.1) is 0 Å². The summed E-state index contributed by atoms with van der Waals surface area (Å²) in [5.74, 6) is 0.218. The molecule has 1 aliphatic rings. The molecule has 1 saturated carbocycles. The molecular formula is C14H20N2O3. The molecule has 19 heavy (non-hydrogen) atoms. The van der Waals surface area contributed by atoms with Crippen molar-refractivity contribution in [3.8, 4) is 5.75 Å². The van der Waals surface area contributed by atoms with Crippen LogP contribution in [0.4, 0.5) is 0 Å². The van der Waals surface area contributed by atoms with Crippen LogP contribution in [0.3, 0.4) is 0 Å². The summed E-state index contributed by atoms with van der Waals surface area (Å²) in [4.78, 5) is 11.4. The topological polar surface area (TPSA) is 98.6 Å². The van der Waals surface area contributed by atoms with Gasteiger partial charge in [0, 0.05) is 6.42 Å². The molecule has 5 N–H and O–H groups in total. The number of hydrogen-bond donors (Lipinski definition) is 3. The summed E-state index contributed by atoms with van der Waals surface area (Å²) in [5.41, 5.74) is 11.2. The van der Waals surface area contributed by atoms with Gasteiger partial charge in [-0.2, -0.15) is 0 Å². The summed E-state index contributed by atoms with van der Waals surface area (Å²) in [6, 6.07) is 7.27. The molecular weight excluding hydrogens is 244 g/mol. The Kier molecular flexibility index (Phi) is 4.07. The van der Waals surface area contributed by atoms with E-state index in [1.54, 1.807) is 6.07 Å². The van der Waals surface area contributed by atoms with Crippen LogP contribution in [-0.2, 0) is 11.4 Å². The van der Waals surface area contributed by atoms with E-state index in [1.807, 2.05) is 18.2 Å². The number of amides is 1. The third-order valence-electron chi connectivity index (χ3n) is 3.62. The first-order valence-corrected chi connectivity index (χ1v) is 6.49. The van der Waals surface area contributed by atoms with Gasteiger partial charge in [-0.3, -0.25) is 4.79 Å². The van der Waals surface area contributed by atoms with Crippen molar-refractivity contribution in [2.75, 3.05) is 0 Å². The van der Waals surface area contributed by atoms with E-state index in [2.05, 4.69) is 0 Å². The fourth-order valence-corrected chi connectivity index (χ4v) is 2.49. The Balaban J connectivity index is 2.04. The minimum atomic E-state index is -0.961. The monoisotopic (exact) mass is 264 g/mol. The predicted molar refractivity (Wildman–Crippen MR) is 71.4 cm³/mol. The Labute approximate surface area is 112 Å². The van der Waals surface area contributed by atoms with Crippen LogP contribution in [0.25, 0.3) is 0 Å². The van der Waals surface area contributed by atoms with Gasteiger partial charge in [0.2, 0.25) is 5.91 Å². The van der Waals surface area contributed by atoms with Crippen molar-refractivity contribution in [2.45, 2.75) is 43.9 Å². The number of nitrogens with two attached hydrogens (primary N) is 2. The Morgan fingerprint density at radius 3 is 3.00 bits per heavy atom. The Hall–Kier alpha value is -1.59. The molecule has 0 aliphatic heterocycles. The molecule has 0 aromatic heterocycles. The summed E-state index contributed by atoms with van der Waals surface area (Å²) in [5, 5.41) is 9.09. The van der Waals surface area contributed by atoms with Gasteiger partial charge >= 0.3 is 0 Å². The van der Waals surface area contributed by atoms with Gasteiger partial charge in [0.1, 0.15) is 11.9 Å². The number of aliphatic hydroxyl groups excluding tert-OH is 1. The van der Waals surface area contributed by atoms with E-state index < -0.39 is 11.4 Å². The molecule has 0 spiro atoms. The van der Waals surface area contributed by atoms with Crippen molar-refractivity contribution in [1.29, 1.82) is 0 Å². The van der Waals surface area contributed by atoms with Gasteiger partial charge < -0.3 is 21.3 Å². The highest BCUT2D eigenvalue weighted by Gasteiger charge is 2.38. The number of carbonyl (C=O) groups is 1. The normalized spacial score (nSPS) is 26.9. The predicted octanol–water partition coefficient (Wildman–Crippen LogP) is 0.683. The zero-order chi connectivity index (χ0) is 13.9. The number of carbonyl (C=O) groups excluding carboxylic acids is 1. The second-order valence-corrected chi connectivity index (χ2v) is 5.16. The molecule has 0 heterocycles. The van der Waals surface area contributed by atoms with E-state index in [0.29, 0.717) is 18.6 Å². The molecule has 1 aromatic carbocycles. The molecule has 1 amide bonds. The van der Waals surface area contributed by atoms with Crippen molar-refractivity contribution in [2.24, 2.45) is 11.5 Å². The van der Waals surface area contributed by atoms with E-state index in [0.717, 1.165) is 18.4 Å². The lowest BCUT2D eigenvalue weighted by Crippen LogP contribution is -2.56. The van der Waals surface area contributed by atoms with Crippen molar-refractivity contribution in [3.63, 3.8) is 0 Å².